The summed E-state index contributed by atoms with van der Waals surface area (Å²) >= 11 is 0. The van der Waals surface area contributed by atoms with Gasteiger partial charge in [-0.25, -0.2) is 0 Å². The molecule has 0 radical (unpaired) electrons. The van der Waals surface area contributed by atoms with Gasteiger partial charge >= 0.3 is 12.1 Å². The molecule has 1 heterocycles. The summed E-state index contributed by atoms with van der Waals surface area (Å²) in [7, 11) is 1.73. The number of carboxylic acid groups (broad SMARTS) is 1. The Balaban J connectivity index is 1.91. The summed E-state index contributed by atoms with van der Waals surface area (Å²) in [5.74, 6) is -1.66. The second-order valence-corrected chi connectivity index (χ2v) is 6.56. The minimum atomic E-state index is -4.55. The maximum atomic E-state index is 13.0. The number of hydrogen-bond donors (Lipinski definition) is 1. The molecule has 0 spiro atoms. The Morgan fingerprint density at radius 1 is 1.26 bits per heavy atom. The molecule has 1 aliphatic heterocycles. The summed E-state index contributed by atoms with van der Waals surface area (Å²) in [6.07, 6.45) is -2.50. The van der Waals surface area contributed by atoms with E-state index in [0.717, 1.165) is 12.5 Å². The van der Waals surface area contributed by atoms with Gasteiger partial charge in [0.05, 0.1) is 12.1 Å². The van der Waals surface area contributed by atoms with E-state index in [-0.39, 0.29) is 24.2 Å². The monoisotopic (exact) mass is 388 g/mol. The number of likely N-dealkylation sites (N-methyl/N-ethyl adjacent to an activating group) is 1. The van der Waals surface area contributed by atoms with Crippen LogP contribution in [0.15, 0.2) is 24.3 Å². The van der Waals surface area contributed by atoms with Crippen molar-refractivity contribution in [3.63, 3.8) is 0 Å². The van der Waals surface area contributed by atoms with Gasteiger partial charge in [-0.1, -0.05) is 12.1 Å². The Hall–Kier alpha value is -2.29. The molecule has 0 aromatic heterocycles. The summed E-state index contributed by atoms with van der Waals surface area (Å²) < 4.78 is 44.1. The number of ether oxygens (including phenoxy) is 1. The number of aliphatic carboxylic acids is 1. The SMILES string of the molecule is CN(CC(=O)O)C1CCCN(C(=O)COc2ccccc2C(F)(F)F)CC1. The third-order valence-corrected chi connectivity index (χ3v) is 4.60. The number of carbonyl (C=O) groups is 2. The van der Waals surface area contributed by atoms with Gasteiger partial charge in [-0.05, 0) is 38.4 Å². The number of hydrogen-bond acceptors (Lipinski definition) is 4. The molecule has 1 aromatic carbocycles. The first-order chi connectivity index (χ1) is 12.7. The predicted molar refractivity (Wildman–Crippen MR) is 91.4 cm³/mol. The van der Waals surface area contributed by atoms with Gasteiger partial charge in [-0.3, -0.25) is 14.5 Å². The van der Waals surface area contributed by atoms with Crippen LogP contribution in [0.3, 0.4) is 0 Å². The van der Waals surface area contributed by atoms with Gasteiger partial charge < -0.3 is 14.7 Å². The first-order valence-electron chi connectivity index (χ1n) is 8.67. The van der Waals surface area contributed by atoms with Crippen LogP contribution in [0.1, 0.15) is 24.8 Å². The second-order valence-electron chi connectivity index (χ2n) is 6.56. The van der Waals surface area contributed by atoms with Crippen molar-refractivity contribution in [3.8, 4) is 5.75 Å². The lowest BCUT2D eigenvalue weighted by molar-refractivity contribution is -0.141. The molecule has 2 rings (SSSR count). The first kappa shape index (κ1) is 21.0. The minimum Gasteiger partial charge on any atom is -0.483 e. The van der Waals surface area contributed by atoms with Crippen molar-refractivity contribution in [3.05, 3.63) is 29.8 Å². The molecule has 1 N–H and O–H groups in total. The zero-order valence-corrected chi connectivity index (χ0v) is 15.0. The van der Waals surface area contributed by atoms with Gasteiger partial charge in [0.1, 0.15) is 5.75 Å². The molecule has 150 valence electrons. The van der Waals surface area contributed by atoms with Crippen molar-refractivity contribution in [2.75, 3.05) is 33.3 Å². The normalized spacial score (nSPS) is 18.3. The Labute approximate surface area is 155 Å². The molecule has 0 bridgehead atoms. The predicted octanol–water partition coefficient (Wildman–Crippen LogP) is 2.48. The van der Waals surface area contributed by atoms with E-state index in [1.165, 1.54) is 18.2 Å². The van der Waals surface area contributed by atoms with Crippen molar-refractivity contribution < 1.29 is 32.6 Å². The molecule has 1 aliphatic rings. The number of carbonyl (C=O) groups excluding carboxylic acids is 1. The number of benzene rings is 1. The van der Waals surface area contributed by atoms with Crippen LogP contribution >= 0.6 is 0 Å². The number of likely N-dealkylation sites (tertiary alicyclic amines) is 1. The van der Waals surface area contributed by atoms with E-state index in [1.54, 1.807) is 16.8 Å². The standard InChI is InChI=1S/C18H23F3N2O4/c1-22(11-17(25)26)13-5-4-9-23(10-8-13)16(24)12-27-15-7-3-2-6-14(15)18(19,20)21/h2-3,6-7,13H,4-5,8-12H2,1H3,(H,25,26). The largest absolute Gasteiger partial charge is 0.483 e. The molecular formula is C18H23F3N2O4. The Morgan fingerprint density at radius 3 is 2.63 bits per heavy atom. The van der Waals surface area contributed by atoms with E-state index >= 15 is 0 Å². The molecule has 6 nitrogen and oxygen atoms in total. The number of rotatable bonds is 6. The molecule has 27 heavy (non-hydrogen) atoms. The van der Waals surface area contributed by atoms with E-state index in [1.807, 2.05) is 0 Å². The van der Waals surface area contributed by atoms with Gasteiger partial charge in [0.25, 0.3) is 5.91 Å². The number of nitrogens with zero attached hydrogens (tertiary/aromatic N) is 2. The van der Waals surface area contributed by atoms with E-state index in [9.17, 15) is 22.8 Å². The molecule has 9 heteroatoms. The maximum absolute atomic E-state index is 13.0. The summed E-state index contributed by atoms with van der Waals surface area (Å²) in [5.41, 5.74) is -0.913. The molecule has 1 saturated heterocycles. The number of halogens is 3. The average Bonchev–Trinajstić information content (AvgIpc) is 2.85. The van der Waals surface area contributed by atoms with E-state index in [0.29, 0.717) is 25.9 Å². The smallest absolute Gasteiger partial charge is 0.419 e. The number of carboxylic acids is 1. The van der Waals surface area contributed by atoms with Gasteiger partial charge in [0.15, 0.2) is 6.61 Å². The minimum absolute atomic E-state index is 0.0470. The highest BCUT2D eigenvalue weighted by Gasteiger charge is 2.34. The molecule has 1 fully saturated rings. The van der Waals surface area contributed by atoms with E-state index < -0.39 is 24.3 Å². The summed E-state index contributed by atoms with van der Waals surface area (Å²) in [6, 6.07) is 4.83. The zero-order chi connectivity index (χ0) is 20.0. The molecule has 1 atom stereocenters. The van der Waals surface area contributed by atoms with Crippen LogP contribution in [0, 0.1) is 0 Å². The third-order valence-electron chi connectivity index (χ3n) is 4.60. The molecule has 1 aromatic rings. The quantitative estimate of drug-likeness (QED) is 0.811. The lowest BCUT2D eigenvalue weighted by Gasteiger charge is -2.25. The van der Waals surface area contributed by atoms with Crippen LogP contribution < -0.4 is 4.74 Å². The van der Waals surface area contributed by atoms with Crippen molar-refractivity contribution in [1.82, 2.24) is 9.80 Å². The Kier molecular flexibility index (Phi) is 7.06. The van der Waals surface area contributed by atoms with Crippen LogP contribution in [0.4, 0.5) is 13.2 Å². The fourth-order valence-electron chi connectivity index (χ4n) is 3.17. The maximum Gasteiger partial charge on any atom is 0.419 e. The third kappa shape index (κ3) is 6.13. The van der Waals surface area contributed by atoms with Crippen LogP contribution in [0.25, 0.3) is 0 Å². The lowest BCUT2D eigenvalue weighted by Crippen LogP contribution is -2.38. The van der Waals surface area contributed by atoms with Crippen LogP contribution in [0.5, 0.6) is 5.75 Å². The van der Waals surface area contributed by atoms with Crippen LogP contribution in [-0.4, -0.2) is 66.1 Å². The number of para-hydroxylation sites is 1. The average molecular weight is 388 g/mol. The molecule has 1 unspecified atom stereocenters. The van der Waals surface area contributed by atoms with Gasteiger partial charge in [-0.2, -0.15) is 13.2 Å². The Bertz CT molecular complexity index is 666. The van der Waals surface area contributed by atoms with Crippen LogP contribution in [-0.2, 0) is 15.8 Å². The highest BCUT2D eigenvalue weighted by molar-refractivity contribution is 5.77. The lowest BCUT2D eigenvalue weighted by atomic mass is 10.1. The fraction of sp³-hybridized carbons (Fsp3) is 0.556. The van der Waals surface area contributed by atoms with E-state index in [4.69, 9.17) is 9.84 Å². The van der Waals surface area contributed by atoms with Crippen molar-refractivity contribution in [1.29, 1.82) is 0 Å². The van der Waals surface area contributed by atoms with Crippen molar-refractivity contribution in [2.24, 2.45) is 0 Å². The van der Waals surface area contributed by atoms with Gasteiger partial charge in [0, 0.05) is 19.1 Å². The molecule has 1 amide bonds. The Morgan fingerprint density at radius 2 is 1.96 bits per heavy atom. The molecule has 0 aliphatic carbocycles. The highest BCUT2D eigenvalue weighted by atomic mass is 19.4. The number of amides is 1. The van der Waals surface area contributed by atoms with Gasteiger partial charge in [0.2, 0.25) is 0 Å². The van der Waals surface area contributed by atoms with Crippen molar-refractivity contribution >= 4 is 11.9 Å². The molecule has 0 saturated carbocycles. The summed E-state index contributed by atoms with van der Waals surface area (Å²) in [6.45, 7) is 0.344. The fourth-order valence-corrected chi connectivity index (χ4v) is 3.17. The van der Waals surface area contributed by atoms with Crippen LogP contribution in [0.2, 0.25) is 0 Å². The highest BCUT2D eigenvalue weighted by Crippen LogP contribution is 2.35. The first-order valence-corrected chi connectivity index (χ1v) is 8.67. The molecular weight excluding hydrogens is 365 g/mol. The van der Waals surface area contributed by atoms with Crippen molar-refractivity contribution in [2.45, 2.75) is 31.5 Å². The van der Waals surface area contributed by atoms with Gasteiger partial charge in [-0.15, -0.1) is 0 Å². The second kappa shape index (κ2) is 9.07. The summed E-state index contributed by atoms with van der Waals surface area (Å²) in [5, 5.41) is 8.88. The zero-order valence-electron chi connectivity index (χ0n) is 15.0. The topological polar surface area (TPSA) is 70.1 Å². The van der Waals surface area contributed by atoms with E-state index in [2.05, 4.69) is 0 Å². The summed E-state index contributed by atoms with van der Waals surface area (Å²) in [4.78, 5) is 26.5. The number of alkyl halides is 3.